The number of aromatic hydroxyl groups is 1. The smallest absolute Gasteiger partial charge is 0.336 e. The van der Waals surface area contributed by atoms with Crippen LogP contribution in [0.25, 0.3) is 21.9 Å². The van der Waals surface area contributed by atoms with Gasteiger partial charge in [-0.2, -0.15) is 0 Å². The summed E-state index contributed by atoms with van der Waals surface area (Å²) < 4.78 is 5.13. The molecule has 39 heavy (non-hydrogen) atoms. The quantitative estimate of drug-likeness (QED) is 0.153. The Hall–Kier alpha value is -3.87. The molecule has 1 aliphatic rings. The predicted octanol–water partition coefficient (Wildman–Crippen LogP) is 6.04. The van der Waals surface area contributed by atoms with Gasteiger partial charge in [-0.05, 0) is 67.9 Å². The van der Waals surface area contributed by atoms with Crippen molar-refractivity contribution < 1.29 is 14.3 Å². The lowest BCUT2D eigenvalue weighted by Crippen LogP contribution is -2.26. The van der Waals surface area contributed by atoms with Gasteiger partial charge in [0, 0.05) is 47.4 Å². The fraction of sp³-hybridized carbons (Fsp3) is 0.406. The van der Waals surface area contributed by atoms with Gasteiger partial charge >= 0.3 is 5.63 Å². The van der Waals surface area contributed by atoms with Crippen molar-refractivity contribution in [3.8, 4) is 5.75 Å². The Balaban J connectivity index is 0.988. The molecule has 0 spiro atoms. The summed E-state index contributed by atoms with van der Waals surface area (Å²) in [5.74, 6) is -0.101. The second-order valence-electron chi connectivity index (χ2n) is 10.5. The van der Waals surface area contributed by atoms with Crippen molar-refractivity contribution in [2.75, 3.05) is 18.4 Å². The molecule has 0 saturated carbocycles. The molecule has 2 heterocycles. The highest BCUT2D eigenvalue weighted by atomic mass is 16.4. The van der Waals surface area contributed by atoms with Gasteiger partial charge in [0.15, 0.2) is 0 Å². The Morgan fingerprint density at radius 1 is 0.897 bits per heavy atom. The van der Waals surface area contributed by atoms with Crippen LogP contribution in [0.1, 0.15) is 68.2 Å². The van der Waals surface area contributed by atoms with E-state index in [0.29, 0.717) is 17.5 Å². The number of phenols is 1. The number of unbranched alkanes of at least 4 members (excludes halogenated alkanes) is 5. The maximum Gasteiger partial charge on any atom is 0.336 e. The van der Waals surface area contributed by atoms with Crippen LogP contribution >= 0.6 is 0 Å². The lowest BCUT2D eigenvalue weighted by molar-refractivity contribution is -0.120. The topological polar surface area (TPSA) is 104 Å². The summed E-state index contributed by atoms with van der Waals surface area (Å²) in [6.45, 7) is 1.60. The summed E-state index contributed by atoms with van der Waals surface area (Å²) in [4.78, 5) is 29.2. The molecule has 0 saturated heterocycles. The highest BCUT2D eigenvalue weighted by molar-refractivity contribution is 5.93. The number of carbonyl (C=O) groups excluding carboxylic acids is 1. The van der Waals surface area contributed by atoms with Gasteiger partial charge in [-0.1, -0.05) is 43.9 Å². The number of anilines is 1. The number of hydrogen-bond donors (Lipinski definition) is 3. The molecule has 1 amide bonds. The van der Waals surface area contributed by atoms with E-state index in [9.17, 15) is 14.7 Å². The molecule has 3 N–H and O–H groups in total. The first kappa shape index (κ1) is 26.7. The number of nitrogens with one attached hydrogen (secondary N) is 2. The summed E-state index contributed by atoms with van der Waals surface area (Å²) in [7, 11) is 0. The van der Waals surface area contributed by atoms with E-state index < -0.39 is 5.63 Å². The SMILES string of the molecule is O=C(Cc1cc(=O)oc2cc(O)ccc12)NCCCCCCCCNc1c2c(nc3ccccc13)CCCC2. The van der Waals surface area contributed by atoms with Gasteiger partial charge in [-0.3, -0.25) is 9.78 Å². The number of phenolic OH excluding ortho intramolecular Hbond substituents is 1. The zero-order chi connectivity index (χ0) is 27.0. The van der Waals surface area contributed by atoms with Crippen molar-refractivity contribution in [2.24, 2.45) is 0 Å². The average molecular weight is 528 g/mol. The summed E-state index contributed by atoms with van der Waals surface area (Å²) in [6.07, 6.45) is 11.5. The van der Waals surface area contributed by atoms with E-state index in [-0.39, 0.29) is 23.7 Å². The van der Waals surface area contributed by atoms with Crippen LogP contribution in [-0.2, 0) is 24.1 Å². The van der Waals surface area contributed by atoms with Crippen LogP contribution in [0.5, 0.6) is 5.75 Å². The van der Waals surface area contributed by atoms with Gasteiger partial charge in [0.05, 0.1) is 11.9 Å². The summed E-state index contributed by atoms with van der Waals surface area (Å²) in [5, 5.41) is 18.2. The van der Waals surface area contributed by atoms with Gasteiger partial charge in [-0.25, -0.2) is 4.79 Å². The number of carbonyl (C=O) groups is 1. The number of aromatic nitrogens is 1. The Bertz CT molecular complexity index is 1510. The van der Waals surface area contributed by atoms with E-state index in [2.05, 4.69) is 34.9 Å². The number of pyridine rings is 1. The molecule has 1 aliphatic carbocycles. The van der Waals surface area contributed by atoms with Gasteiger partial charge < -0.3 is 20.2 Å². The Labute approximate surface area is 228 Å². The molecule has 204 valence electrons. The van der Waals surface area contributed by atoms with Crippen molar-refractivity contribution in [1.29, 1.82) is 0 Å². The molecule has 5 rings (SSSR count). The van der Waals surface area contributed by atoms with Crippen LogP contribution in [0.4, 0.5) is 5.69 Å². The molecule has 7 heteroatoms. The fourth-order valence-electron chi connectivity index (χ4n) is 5.57. The lowest BCUT2D eigenvalue weighted by Gasteiger charge is -2.21. The molecule has 0 aliphatic heterocycles. The normalized spacial score (nSPS) is 12.9. The summed E-state index contributed by atoms with van der Waals surface area (Å²) >= 11 is 0. The fourth-order valence-corrected chi connectivity index (χ4v) is 5.57. The largest absolute Gasteiger partial charge is 0.508 e. The molecule has 0 bridgehead atoms. The number of amides is 1. The number of hydrogen-bond acceptors (Lipinski definition) is 6. The first-order valence-electron chi connectivity index (χ1n) is 14.3. The Morgan fingerprint density at radius 2 is 1.67 bits per heavy atom. The van der Waals surface area contributed by atoms with E-state index in [0.717, 1.165) is 50.6 Å². The lowest BCUT2D eigenvalue weighted by atomic mass is 9.92. The Morgan fingerprint density at radius 3 is 2.54 bits per heavy atom. The van der Waals surface area contributed by atoms with Crippen molar-refractivity contribution in [1.82, 2.24) is 10.3 Å². The third kappa shape index (κ3) is 6.77. The molecule has 2 aromatic carbocycles. The van der Waals surface area contributed by atoms with E-state index in [1.807, 2.05) is 0 Å². The van der Waals surface area contributed by atoms with Gasteiger partial charge in [0.25, 0.3) is 0 Å². The maximum absolute atomic E-state index is 12.4. The first-order chi connectivity index (χ1) is 19.1. The minimum absolute atomic E-state index is 0.0180. The van der Waals surface area contributed by atoms with E-state index >= 15 is 0 Å². The molecule has 0 fully saturated rings. The highest BCUT2D eigenvalue weighted by Crippen LogP contribution is 2.33. The van der Waals surface area contributed by atoms with Crippen LogP contribution in [-0.4, -0.2) is 29.1 Å². The molecular formula is C32H37N3O4. The second-order valence-corrected chi connectivity index (χ2v) is 10.5. The van der Waals surface area contributed by atoms with E-state index in [1.165, 1.54) is 66.2 Å². The van der Waals surface area contributed by atoms with Gasteiger partial charge in [0.2, 0.25) is 5.91 Å². The number of benzene rings is 2. The van der Waals surface area contributed by atoms with E-state index in [4.69, 9.17) is 9.40 Å². The molecule has 0 atom stereocenters. The third-order valence-corrected chi connectivity index (χ3v) is 7.56. The highest BCUT2D eigenvalue weighted by Gasteiger charge is 2.17. The molecule has 0 radical (unpaired) electrons. The van der Waals surface area contributed by atoms with Crippen molar-refractivity contribution >= 4 is 33.5 Å². The predicted molar refractivity (Wildman–Crippen MR) is 155 cm³/mol. The minimum Gasteiger partial charge on any atom is -0.508 e. The number of nitrogens with zero attached hydrogens (tertiary/aromatic N) is 1. The zero-order valence-electron chi connectivity index (χ0n) is 22.4. The number of para-hydroxylation sites is 1. The third-order valence-electron chi connectivity index (χ3n) is 7.56. The molecule has 0 unspecified atom stereocenters. The van der Waals surface area contributed by atoms with Gasteiger partial charge in [0.1, 0.15) is 11.3 Å². The molecule has 2 aromatic heterocycles. The van der Waals surface area contributed by atoms with Gasteiger partial charge in [-0.15, -0.1) is 0 Å². The van der Waals surface area contributed by atoms with Crippen LogP contribution in [0.2, 0.25) is 0 Å². The monoisotopic (exact) mass is 527 g/mol. The zero-order valence-corrected chi connectivity index (χ0v) is 22.4. The number of rotatable bonds is 12. The van der Waals surface area contributed by atoms with Crippen LogP contribution < -0.4 is 16.3 Å². The van der Waals surface area contributed by atoms with Crippen LogP contribution in [0.3, 0.4) is 0 Å². The maximum atomic E-state index is 12.4. The number of fused-ring (bicyclic) bond motifs is 3. The van der Waals surface area contributed by atoms with Crippen molar-refractivity contribution in [3.63, 3.8) is 0 Å². The van der Waals surface area contributed by atoms with E-state index in [1.54, 1.807) is 6.07 Å². The molecule has 4 aromatic rings. The molecular weight excluding hydrogens is 490 g/mol. The summed E-state index contributed by atoms with van der Waals surface area (Å²) in [6, 6.07) is 14.4. The standard InChI is InChI=1S/C32H37N3O4/c36-23-15-16-24-22(20-31(38)39-29(24)21-23)19-30(37)33-17-9-3-1-2-4-10-18-34-32-25-11-5-7-13-27(25)35-28-14-8-6-12-26(28)32/h5,7,11,13,15-16,20-21,36H,1-4,6,8-10,12,14,17-19H2,(H,33,37)(H,34,35). The Kier molecular flexibility index (Phi) is 8.76. The first-order valence-corrected chi connectivity index (χ1v) is 14.3. The second kappa shape index (κ2) is 12.8. The number of aryl methyl sites for hydroxylation is 1. The van der Waals surface area contributed by atoms with Crippen LogP contribution in [0.15, 0.2) is 57.7 Å². The van der Waals surface area contributed by atoms with Crippen LogP contribution in [0, 0.1) is 0 Å². The molecule has 7 nitrogen and oxygen atoms in total. The minimum atomic E-state index is -0.528. The van der Waals surface area contributed by atoms with Crippen molar-refractivity contribution in [2.45, 2.75) is 70.6 Å². The average Bonchev–Trinajstić information content (AvgIpc) is 2.93. The van der Waals surface area contributed by atoms with Crippen molar-refractivity contribution in [3.05, 3.63) is 75.8 Å². The summed E-state index contributed by atoms with van der Waals surface area (Å²) in [5.41, 5.74) is 5.45.